The predicted octanol–water partition coefficient (Wildman–Crippen LogP) is 2.02. The fourth-order valence-corrected chi connectivity index (χ4v) is 2.87. The summed E-state index contributed by atoms with van der Waals surface area (Å²) in [6, 6.07) is 5.50. The molecule has 128 valence electrons. The topological polar surface area (TPSA) is 74.2 Å². The molecule has 5 heteroatoms. The smallest absolute Gasteiger partial charge is 0.251 e. The molecule has 1 heterocycles. The lowest BCUT2D eigenvalue weighted by Gasteiger charge is -2.17. The third-order valence-electron chi connectivity index (χ3n) is 4.28. The van der Waals surface area contributed by atoms with Crippen LogP contribution in [-0.4, -0.2) is 29.1 Å². The SMILES string of the molecule is Cc1cc(C)c(CNCCNC(=O)c2ccncc2)c(C)c1CO. The van der Waals surface area contributed by atoms with E-state index < -0.39 is 0 Å². The summed E-state index contributed by atoms with van der Waals surface area (Å²) in [4.78, 5) is 15.8. The van der Waals surface area contributed by atoms with Gasteiger partial charge in [0, 0.05) is 37.6 Å². The zero-order chi connectivity index (χ0) is 17.5. The Morgan fingerprint density at radius 1 is 1.08 bits per heavy atom. The average Bonchev–Trinajstić information content (AvgIpc) is 2.58. The molecule has 0 aliphatic rings. The number of aliphatic hydroxyl groups excluding tert-OH is 1. The molecule has 0 saturated heterocycles. The Balaban J connectivity index is 1.84. The standard InChI is InChI=1S/C19H25N3O2/c1-13-10-14(2)18(12-23)15(3)17(13)11-21-8-9-22-19(24)16-4-6-20-7-5-16/h4-7,10,21,23H,8-9,11-12H2,1-3H3,(H,22,24). The molecule has 1 aromatic carbocycles. The second-order valence-corrected chi connectivity index (χ2v) is 5.92. The van der Waals surface area contributed by atoms with Crippen LogP contribution in [0, 0.1) is 20.8 Å². The first-order valence-electron chi connectivity index (χ1n) is 8.13. The van der Waals surface area contributed by atoms with Gasteiger partial charge in [-0.3, -0.25) is 9.78 Å². The van der Waals surface area contributed by atoms with E-state index in [1.807, 2.05) is 13.8 Å². The number of aryl methyl sites for hydroxylation is 2. The molecule has 1 aromatic heterocycles. The quantitative estimate of drug-likeness (QED) is 0.680. The van der Waals surface area contributed by atoms with Crippen LogP contribution in [0.1, 0.15) is 38.2 Å². The van der Waals surface area contributed by atoms with Crippen molar-refractivity contribution in [3.63, 3.8) is 0 Å². The average molecular weight is 327 g/mol. The van der Waals surface area contributed by atoms with Crippen LogP contribution in [0.4, 0.5) is 0 Å². The summed E-state index contributed by atoms with van der Waals surface area (Å²) in [6.07, 6.45) is 3.21. The molecule has 0 radical (unpaired) electrons. The minimum atomic E-state index is -0.0931. The summed E-state index contributed by atoms with van der Waals surface area (Å²) in [5.41, 5.74) is 6.32. The number of aromatic nitrogens is 1. The van der Waals surface area contributed by atoms with E-state index in [1.54, 1.807) is 24.5 Å². The van der Waals surface area contributed by atoms with Gasteiger partial charge in [-0.2, -0.15) is 0 Å². The molecule has 1 amide bonds. The molecule has 0 bridgehead atoms. The lowest BCUT2D eigenvalue weighted by Crippen LogP contribution is -2.31. The summed E-state index contributed by atoms with van der Waals surface area (Å²) in [7, 11) is 0. The summed E-state index contributed by atoms with van der Waals surface area (Å²) >= 11 is 0. The van der Waals surface area contributed by atoms with Crippen molar-refractivity contribution in [3.05, 3.63) is 64.0 Å². The van der Waals surface area contributed by atoms with Gasteiger partial charge in [0.15, 0.2) is 0 Å². The molecule has 0 aliphatic heterocycles. The van der Waals surface area contributed by atoms with Crippen molar-refractivity contribution in [1.82, 2.24) is 15.6 Å². The third kappa shape index (κ3) is 4.40. The highest BCUT2D eigenvalue weighted by Gasteiger charge is 2.10. The van der Waals surface area contributed by atoms with Gasteiger partial charge in [-0.05, 0) is 60.7 Å². The second kappa shape index (κ2) is 8.57. The van der Waals surface area contributed by atoms with E-state index in [4.69, 9.17) is 0 Å². The molecule has 0 saturated carbocycles. The molecule has 2 rings (SSSR count). The first-order chi connectivity index (χ1) is 11.5. The summed E-state index contributed by atoms with van der Waals surface area (Å²) in [5, 5.41) is 15.8. The Labute approximate surface area is 143 Å². The number of pyridine rings is 1. The van der Waals surface area contributed by atoms with Crippen LogP contribution >= 0.6 is 0 Å². The van der Waals surface area contributed by atoms with Crippen LogP contribution in [0.25, 0.3) is 0 Å². The van der Waals surface area contributed by atoms with Gasteiger partial charge in [0.2, 0.25) is 0 Å². The van der Waals surface area contributed by atoms with Crippen LogP contribution < -0.4 is 10.6 Å². The van der Waals surface area contributed by atoms with Gasteiger partial charge in [0.05, 0.1) is 6.61 Å². The Bertz CT molecular complexity index is 700. The van der Waals surface area contributed by atoms with E-state index in [-0.39, 0.29) is 12.5 Å². The lowest BCUT2D eigenvalue weighted by atomic mass is 9.94. The zero-order valence-corrected chi connectivity index (χ0v) is 14.5. The third-order valence-corrected chi connectivity index (χ3v) is 4.28. The van der Waals surface area contributed by atoms with Gasteiger partial charge < -0.3 is 15.7 Å². The molecule has 0 spiro atoms. The molecule has 5 nitrogen and oxygen atoms in total. The van der Waals surface area contributed by atoms with Gasteiger partial charge in [-0.25, -0.2) is 0 Å². The van der Waals surface area contributed by atoms with Crippen LogP contribution in [0.3, 0.4) is 0 Å². The Morgan fingerprint density at radius 2 is 1.75 bits per heavy atom. The lowest BCUT2D eigenvalue weighted by molar-refractivity contribution is 0.0954. The molecular formula is C19H25N3O2. The maximum Gasteiger partial charge on any atom is 0.251 e. The van der Waals surface area contributed by atoms with Gasteiger partial charge >= 0.3 is 0 Å². The molecule has 2 aromatic rings. The number of benzene rings is 1. The van der Waals surface area contributed by atoms with Crippen molar-refractivity contribution >= 4 is 5.91 Å². The summed E-state index contributed by atoms with van der Waals surface area (Å²) in [6.45, 7) is 8.17. The molecule has 0 unspecified atom stereocenters. The van der Waals surface area contributed by atoms with E-state index in [0.717, 1.165) is 23.2 Å². The highest BCUT2D eigenvalue weighted by molar-refractivity contribution is 5.93. The van der Waals surface area contributed by atoms with Gasteiger partial charge in [0.1, 0.15) is 0 Å². The first-order valence-corrected chi connectivity index (χ1v) is 8.13. The number of aliphatic hydroxyl groups is 1. The molecule has 0 atom stereocenters. The van der Waals surface area contributed by atoms with Gasteiger partial charge in [0.25, 0.3) is 5.91 Å². The van der Waals surface area contributed by atoms with Gasteiger partial charge in [-0.15, -0.1) is 0 Å². The Kier molecular flexibility index (Phi) is 6.46. The van der Waals surface area contributed by atoms with E-state index in [1.165, 1.54) is 11.1 Å². The summed E-state index contributed by atoms with van der Waals surface area (Å²) < 4.78 is 0. The molecule has 24 heavy (non-hydrogen) atoms. The number of amides is 1. The Hall–Kier alpha value is -2.24. The number of rotatable bonds is 7. The largest absolute Gasteiger partial charge is 0.392 e. The second-order valence-electron chi connectivity index (χ2n) is 5.92. The van der Waals surface area contributed by atoms with E-state index in [9.17, 15) is 9.90 Å². The molecule has 3 N–H and O–H groups in total. The van der Waals surface area contributed by atoms with E-state index >= 15 is 0 Å². The number of nitrogens with zero attached hydrogens (tertiary/aromatic N) is 1. The minimum Gasteiger partial charge on any atom is -0.392 e. The number of hydrogen-bond acceptors (Lipinski definition) is 4. The number of carbonyl (C=O) groups is 1. The molecular weight excluding hydrogens is 302 g/mol. The summed E-state index contributed by atoms with van der Waals surface area (Å²) in [5.74, 6) is -0.0931. The maximum absolute atomic E-state index is 11.9. The van der Waals surface area contributed by atoms with Crippen LogP contribution in [0.2, 0.25) is 0 Å². The van der Waals surface area contributed by atoms with Crippen molar-refractivity contribution in [2.45, 2.75) is 33.9 Å². The van der Waals surface area contributed by atoms with Crippen molar-refractivity contribution < 1.29 is 9.90 Å². The highest BCUT2D eigenvalue weighted by Crippen LogP contribution is 2.22. The van der Waals surface area contributed by atoms with Crippen LogP contribution in [-0.2, 0) is 13.2 Å². The fourth-order valence-electron chi connectivity index (χ4n) is 2.87. The number of nitrogens with one attached hydrogen (secondary N) is 2. The Morgan fingerprint density at radius 3 is 2.42 bits per heavy atom. The van der Waals surface area contributed by atoms with Crippen molar-refractivity contribution in [3.8, 4) is 0 Å². The van der Waals surface area contributed by atoms with Crippen molar-refractivity contribution in [2.75, 3.05) is 13.1 Å². The zero-order valence-electron chi connectivity index (χ0n) is 14.5. The van der Waals surface area contributed by atoms with Crippen molar-refractivity contribution in [1.29, 1.82) is 0 Å². The number of hydrogen-bond donors (Lipinski definition) is 3. The first kappa shape index (κ1) is 18.1. The van der Waals surface area contributed by atoms with E-state index in [2.05, 4.69) is 28.6 Å². The van der Waals surface area contributed by atoms with Crippen molar-refractivity contribution in [2.24, 2.45) is 0 Å². The monoisotopic (exact) mass is 327 g/mol. The van der Waals surface area contributed by atoms with Gasteiger partial charge in [-0.1, -0.05) is 6.07 Å². The maximum atomic E-state index is 11.9. The number of carbonyl (C=O) groups excluding carboxylic acids is 1. The molecule has 0 fully saturated rings. The molecule has 0 aliphatic carbocycles. The normalized spacial score (nSPS) is 10.7. The predicted molar refractivity (Wildman–Crippen MR) is 94.9 cm³/mol. The highest BCUT2D eigenvalue weighted by atomic mass is 16.3. The minimum absolute atomic E-state index is 0.0624. The van der Waals surface area contributed by atoms with E-state index in [0.29, 0.717) is 18.7 Å². The van der Waals surface area contributed by atoms with Crippen LogP contribution in [0.5, 0.6) is 0 Å². The van der Waals surface area contributed by atoms with Crippen LogP contribution in [0.15, 0.2) is 30.6 Å². The fraction of sp³-hybridized carbons (Fsp3) is 0.368.